The van der Waals surface area contributed by atoms with Crippen LogP contribution in [-0.2, 0) is 19.1 Å². The van der Waals surface area contributed by atoms with E-state index in [1.54, 1.807) is 6.92 Å². The number of fused-ring (bicyclic) bond motifs is 5. The molecule has 0 heterocycles. The summed E-state index contributed by atoms with van der Waals surface area (Å²) in [4.78, 5) is 37.8. The third-order valence-corrected chi connectivity index (χ3v) is 9.92. The first-order valence-corrected chi connectivity index (χ1v) is 12.6. The first-order valence-electron chi connectivity index (χ1n) is 12.6. The van der Waals surface area contributed by atoms with Crippen LogP contribution in [0.25, 0.3) is 0 Å². The summed E-state index contributed by atoms with van der Waals surface area (Å²) in [5, 5.41) is 0. The van der Waals surface area contributed by atoms with Gasteiger partial charge in [-0.2, -0.15) is 0 Å². The average Bonchev–Trinajstić information content (AvgIpc) is 3.02. The molecule has 3 fully saturated rings. The lowest BCUT2D eigenvalue weighted by atomic mass is 9.46. The number of rotatable bonds is 6. The van der Waals surface area contributed by atoms with E-state index in [1.807, 2.05) is 6.08 Å². The summed E-state index contributed by atoms with van der Waals surface area (Å²) in [6.45, 7) is 8.37. The van der Waals surface area contributed by atoms with Gasteiger partial charge in [0.15, 0.2) is 17.2 Å². The normalized spacial score (nSPS) is 41.6. The Labute approximate surface area is 187 Å². The molecule has 0 spiro atoms. The molecule has 0 aromatic carbocycles. The van der Waals surface area contributed by atoms with Crippen LogP contribution in [0.4, 0.5) is 0 Å². The smallest absolute Gasteiger partial charge is 0.306 e. The topological polar surface area (TPSA) is 60.4 Å². The summed E-state index contributed by atoms with van der Waals surface area (Å²) in [5.74, 6) is 1.66. The van der Waals surface area contributed by atoms with Crippen LogP contribution in [0.2, 0.25) is 0 Å². The quantitative estimate of drug-likeness (QED) is 0.386. The Kier molecular flexibility index (Phi) is 5.98. The minimum Gasteiger partial charge on any atom is -0.450 e. The van der Waals surface area contributed by atoms with Gasteiger partial charge >= 0.3 is 5.97 Å². The number of ether oxygens (including phenoxy) is 1. The number of carbonyl (C=O) groups is 3. The number of Topliss-reactive ketones (excluding diaryl/α,β-unsaturated/α-hetero) is 1. The van der Waals surface area contributed by atoms with E-state index >= 15 is 0 Å². The summed E-state index contributed by atoms with van der Waals surface area (Å²) in [5.41, 5.74) is 0.261. The summed E-state index contributed by atoms with van der Waals surface area (Å²) in [7, 11) is 0. The highest BCUT2D eigenvalue weighted by Crippen LogP contribution is 2.68. The second kappa shape index (κ2) is 8.15. The molecule has 0 N–H and O–H groups in total. The van der Waals surface area contributed by atoms with Gasteiger partial charge in [0.25, 0.3) is 0 Å². The molecule has 0 saturated heterocycles. The summed E-state index contributed by atoms with van der Waals surface area (Å²) in [6, 6.07) is 0. The summed E-state index contributed by atoms with van der Waals surface area (Å²) in [6.07, 6.45) is 12.6. The maximum Gasteiger partial charge on any atom is 0.306 e. The molecule has 0 aliphatic heterocycles. The van der Waals surface area contributed by atoms with E-state index in [2.05, 4.69) is 20.8 Å². The fraction of sp³-hybridized carbons (Fsp3) is 0.815. The number of allylic oxidation sites excluding steroid dienone is 1. The Morgan fingerprint density at radius 1 is 1.03 bits per heavy atom. The van der Waals surface area contributed by atoms with Gasteiger partial charge in [0.05, 0.1) is 0 Å². The van der Waals surface area contributed by atoms with Crippen LogP contribution in [0.15, 0.2) is 11.6 Å². The Morgan fingerprint density at radius 2 is 1.77 bits per heavy atom. The Balaban J connectivity index is 1.59. The first kappa shape index (κ1) is 22.7. The number of hydrogen-bond acceptors (Lipinski definition) is 4. The van der Waals surface area contributed by atoms with E-state index in [1.165, 1.54) is 5.57 Å². The highest BCUT2D eigenvalue weighted by atomic mass is 16.6. The van der Waals surface area contributed by atoms with Gasteiger partial charge in [0.1, 0.15) is 0 Å². The van der Waals surface area contributed by atoms with E-state index in [4.69, 9.17) is 4.74 Å². The van der Waals surface area contributed by atoms with Gasteiger partial charge in [-0.25, -0.2) is 0 Å². The van der Waals surface area contributed by atoms with Crippen LogP contribution in [-0.4, -0.2) is 23.1 Å². The molecule has 4 heteroatoms. The molecule has 0 amide bonds. The molecule has 31 heavy (non-hydrogen) atoms. The van der Waals surface area contributed by atoms with Gasteiger partial charge in [-0.15, -0.1) is 0 Å². The summed E-state index contributed by atoms with van der Waals surface area (Å²) < 4.78 is 6.16. The predicted octanol–water partition coefficient (Wildman–Crippen LogP) is 5.97. The first-order chi connectivity index (χ1) is 14.7. The number of ketones is 2. The second-order valence-corrected chi connectivity index (χ2v) is 11.3. The Morgan fingerprint density at radius 3 is 2.48 bits per heavy atom. The van der Waals surface area contributed by atoms with Gasteiger partial charge < -0.3 is 4.74 Å². The zero-order valence-corrected chi connectivity index (χ0v) is 19.9. The van der Waals surface area contributed by atoms with Crippen LogP contribution >= 0.6 is 0 Å². The van der Waals surface area contributed by atoms with Gasteiger partial charge in [-0.05, 0) is 87.5 Å². The SMILES string of the molecule is CCCCCC(=O)O[C@]1(C(C)=O)CC[C@H]2C3CCC4=CC(=O)CCC4(C)[C@H]3CCC21C. The lowest BCUT2D eigenvalue weighted by Gasteiger charge is -2.59. The molecule has 4 aliphatic carbocycles. The second-order valence-electron chi connectivity index (χ2n) is 11.3. The molecule has 4 aliphatic rings. The van der Waals surface area contributed by atoms with E-state index in [0.717, 1.165) is 57.8 Å². The van der Waals surface area contributed by atoms with E-state index in [0.29, 0.717) is 37.0 Å². The van der Waals surface area contributed by atoms with Crippen molar-refractivity contribution < 1.29 is 19.1 Å². The summed E-state index contributed by atoms with van der Waals surface area (Å²) >= 11 is 0. The van der Waals surface area contributed by atoms with Crippen LogP contribution in [0.3, 0.4) is 0 Å². The zero-order valence-electron chi connectivity index (χ0n) is 19.9. The number of hydrogen-bond donors (Lipinski definition) is 0. The van der Waals surface area contributed by atoms with Crippen molar-refractivity contribution in [3.63, 3.8) is 0 Å². The van der Waals surface area contributed by atoms with Crippen molar-refractivity contribution in [3.8, 4) is 0 Å². The number of carbonyl (C=O) groups excluding carboxylic acids is 3. The molecule has 4 nitrogen and oxygen atoms in total. The van der Waals surface area contributed by atoms with Crippen molar-refractivity contribution >= 4 is 17.5 Å². The molecule has 0 aromatic rings. The molecule has 0 bridgehead atoms. The van der Waals surface area contributed by atoms with E-state index < -0.39 is 5.60 Å². The minimum absolute atomic E-state index is 0.0330. The van der Waals surface area contributed by atoms with Crippen molar-refractivity contribution in [1.29, 1.82) is 0 Å². The molecular weight excluding hydrogens is 388 g/mol. The monoisotopic (exact) mass is 428 g/mol. The van der Waals surface area contributed by atoms with Crippen molar-refractivity contribution in [3.05, 3.63) is 11.6 Å². The largest absolute Gasteiger partial charge is 0.450 e. The molecular formula is C27H40O4. The Hall–Kier alpha value is -1.45. The van der Waals surface area contributed by atoms with Crippen molar-refractivity contribution in [2.45, 2.75) is 110 Å². The van der Waals surface area contributed by atoms with Gasteiger partial charge in [0.2, 0.25) is 0 Å². The third-order valence-electron chi connectivity index (χ3n) is 9.92. The maximum atomic E-state index is 13.1. The zero-order chi connectivity index (χ0) is 22.4. The molecule has 3 unspecified atom stereocenters. The Bertz CT molecular complexity index is 797. The molecule has 6 atom stereocenters. The molecule has 4 rings (SSSR count). The van der Waals surface area contributed by atoms with Crippen molar-refractivity contribution in [2.75, 3.05) is 0 Å². The van der Waals surface area contributed by atoms with Crippen molar-refractivity contribution in [1.82, 2.24) is 0 Å². The van der Waals surface area contributed by atoms with Crippen molar-refractivity contribution in [2.24, 2.45) is 28.6 Å². The van der Waals surface area contributed by atoms with E-state index in [-0.39, 0.29) is 28.4 Å². The highest BCUT2D eigenvalue weighted by molar-refractivity contribution is 5.91. The lowest BCUT2D eigenvalue weighted by Crippen LogP contribution is -2.58. The molecule has 172 valence electrons. The number of unbranched alkanes of at least 4 members (excludes halogenated alkanes) is 2. The van der Waals surface area contributed by atoms with E-state index in [9.17, 15) is 14.4 Å². The lowest BCUT2D eigenvalue weighted by molar-refractivity contribution is -0.189. The molecule has 0 radical (unpaired) electrons. The van der Waals surface area contributed by atoms with Crippen LogP contribution in [0, 0.1) is 28.6 Å². The van der Waals surface area contributed by atoms with Gasteiger partial charge in [-0.1, -0.05) is 39.2 Å². The van der Waals surface area contributed by atoms with Gasteiger partial charge in [-0.3, -0.25) is 14.4 Å². The fourth-order valence-electron chi connectivity index (χ4n) is 8.14. The minimum atomic E-state index is -0.953. The molecule has 3 saturated carbocycles. The highest BCUT2D eigenvalue weighted by Gasteiger charge is 2.67. The predicted molar refractivity (Wildman–Crippen MR) is 120 cm³/mol. The van der Waals surface area contributed by atoms with Crippen LogP contribution in [0.5, 0.6) is 0 Å². The molecule has 0 aromatic heterocycles. The standard InChI is InChI=1S/C27H40O4/c1-5-6-7-8-24(30)31-27(18(2)28)16-13-23-21-10-9-19-17-20(29)11-14-25(19,3)22(21)12-15-26(23,27)4/h17,21-23H,5-16H2,1-4H3/t21?,22-,23-,25?,26?,27-/m0/s1. The maximum absolute atomic E-state index is 13.1. The average molecular weight is 429 g/mol. The van der Waals surface area contributed by atoms with Gasteiger partial charge in [0, 0.05) is 18.3 Å². The fourth-order valence-corrected chi connectivity index (χ4v) is 8.14. The number of esters is 1. The van der Waals surface area contributed by atoms with Crippen LogP contribution in [0.1, 0.15) is 105 Å². The third kappa shape index (κ3) is 3.43. The van der Waals surface area contributed by atoms with Crippen LogP contribution < -0.4 is 0 Å².